The fraction of sp³-hybridized carbons (Fsp3) is 0.511. The van der Waals surface area contributed by atoms with Crippen LogP contribution in [0.3, 0.4) is 0 Å². The van der Waals surface area contributed by atoms with E-state index in [1.165, 1.54) is 21.6 Å². The van der Waals surface area contributed by atoms with E-state index in [1.807, 2.05) is 63.6 Å². The van der Waals surface area contributed by atoms with E-state index < -0.39 is 68.8 Å². The highest BCUT2D eigenvalue weighted by Crippen LogP contribution is 2.51. The lowest BCUT2D eigenvalue weighted by molar-refractivity contribution is -0.180. The van der Waals surface area contributed by atoms with Gasteiger partial charge in [0.25, 0.3) is 14.1 Å². The van der Waals surface area contributed by atoms with Crippen LogP contribution in [0.25, 0.3) is 0 Å². The van der Waals surface area contributed by atoms with E-state index in [2.05, 4.69) is 30.7 Å². The van der Waals surface area contributed by atoms with E-state index in [1.54, 1.807) is 42.0 Å². The number of ether oxygens (including phenoxy) is 4. The lowest BCUT2D eigenvalue weighted by Gasteiger charge is -2.39. The Bertz CT molecular complexity index is 2090. The van der Waals surface area contributed by atoms with Gasteiger partial charge in [0.15, 0.2) is 0 Å². The summed E-state index contributed by atoms with van der Waals surface area (Å²) in [7, 11) is 1.03. The number of nitrogens with zero attached hydrogens (tertiary/aromatic N) is 2. The number of nitrogens with one attached hydrogen (secondary N) is 1. The number of aryl methyl sites for hydroxylation is 1. The van der Waals surface area contributed by atoms with E-state index in [4.69, 9.17) is 40.8 Å². The van der Waals surface area contributed by atoms with E-state index in [-0.39, 0.29) is 37.7 Å². The molecule has 2 heterocycles. The molecular weight excluding hydrogens is 838 g/mol. The number of hydrogen-bond donors (Lipinski definition) is 1. The Labute approximate surface area is 368 Å². The standard InChI is InChI=1S/C45H58N3O10PS2/c1-11-34-14-18-36(19-15-34)22-23-54-42(50)45(27-53-29-60-61-32(8)9,43(51)55-26-37-20-16-35(12-2)17-21-37)28-56-59(48(30(4)5)31(6)7)58-39-24-40(57-38(39)13-3)47-25-33(10)41(49)46-44(47)52/h1-2,14-21,25,30-32,38-40H,13,22-24,26-29H2,3-10H3,(H,46,49,52)/t38-,39?,40-,45?,59?/m1/s1. The summed E-state index contributed by atoms with van der Waals surface area (Å²) in [4.78, 5) is 56.5. The van der Waals surface area contributed by atoms with Gasteiger partial charge in [-0.1, -0.05) is 78.5 Å². The molecule has 13 nitrogen and oxygen atoms in total. The fourth-order valence-corrected chi connectivity index (χ4v) is 9.98. The van der Waals surface area contributed by atoms with Crippen LogP contribution in [0.15, 0.2) is 64.3 Å². The maximum Gasteiger partial charge on any atom is 0.330 e. The summed E-state index contributed by atoms with van der Waals surface area (Å²) in [6.07, 6.45) is 12.0. The van der Waals surface area contributed by atoms with Crippen molar-refractivity contribution in [2.45, 2.75) is 117 Å². The van der Waals surface area contributed by atoms with Gasteiger partial charge in [-0.3, -0.25) is 23.9 Å². The molecule has 1 fully saturated rings. The Kier molecular flexibility index (Phi) is 19.7. The molecule has 0 bridgehead atoms. The van der Waals surface area contributed by atoms with Crippen molar-refractivity contribution in [2.75, 3.05) is 25.8 Å². The van der Waals surface area contributed by atoms with Crippen LogP contribution >= 0.6 is 30.1 Å². The lowest BCUT2D eigenvalue weighted by Crippen LogP contribution is -2.49. The minimum absolute atomic E-state index is 0.0489. The van der Waals surface area contributed by atoms with Crippen LogP contribution in [0.5, 0.6) is 0 Å². The maximum absolute atomic E-state index is 14.6. The summed E-state index contributed by atoms with van der Waals surface area (Å²) in [5.74, 6) is 3.57. The summed E-state index contributed by atoms with van der Waals surface area (Å²) >= 11 is 0. The Morgan fingerprint density at radius 1 is 0.951 bits per heavy atom. The van der Waals surface area contributed by atoms with Gasteiger partial charge in [-0.05, 0) is 76.4 Å². The first kappa shape index (κ1) is 49.8. The molecule has 1 N–H and O–H groups in total. The summed E-state index contributed by atoms with van der Waals surface area (Å²) < 4.78 is 41.3. The molecule has 330 valence electrons. The van der Waals surface area contributed by atoms with Gasteiger partial charge in [-0.2, -0.15) is 0 Å². The number of aromatic nitrogens is 2. The first-order chi connectivity index (χ1) is 29.1. The highest BCUT2D eigenvalue weighted by atomic mass is 33.1. The first-order valence-corrected chi connectivity index (χ1v) is 23.8. The second-order valence-electron chi connectivity index (χ2n) is 15.4. The van der Waals surface area contributed by atoms with E-state index in [0.717, 1.165) is 11.1 Å². The number of H-pyrrole nitrogens is 1. The van der Waals surface area contributed by atoms with Crippen molar-refractivity contribution < 1.29 is 37.6 Å². The zero-order chi connectivity index (χ0) is 44.7. The van der Waals surface area contributed by atoms with Gasteiger partial charge in [-0.25, -0.2) is 9.46 Å². The summed E-state index contributed by atoms with van der Waals surface area (Å²) in [5.41, 5.74) is 0.143. The SMILES string of the molecule is C#Cc1ccc(CCOC(=O)C(COCSSC(C)C)(COP(OC2C[C@H](n3cc(C)c(=O)[nH]c3=O)O[C@@H]2CC)N(C(C)C)C(C)C)C(=O)OCc2ccc(C#C)cc2)cc1. The van der Waals surface area contributed by atoms with Crippen molar-refractivity contribution in [3.63, 3.8) is 0 Å². The molecule has 16 heteroatoms. The van der Waals surface area contributed by atoms with Gasteiger partial charge in [0.2, 0.25) is 5.41 Å². The van der Waals surface area contributed by atoms with E-state index >= 15 is 0 Å². The normalized spacial score (nSPS) is 17.9. The summed E-state index contributed by atoms with van der Waals surface area (Å²) in [6, 6.07) is 14.1. The average molecular weight is 896 g/mol. The number of terminal acetylenes is 2. The molecule has 1 aromatic heterocycles. The van der Waals surface area contributed by atoms with Crippen molar-refractivity contribution in [1.29, 1.82) is 0 Å². The van der Waals surface area contributed by atoms with Gasteiger partial charge in [-0.15, -0.1) is 12.8 Å². The molecule has 1 saturated heterocycles. The third kappa shape index (κ3) is 14.1. The van der Waals surface area contributed by atoms with Crippen molar-refractivity contribution in [3.8, 4) is 24.7 Å². The summed E-state index contributed by atoms with van der Waals surface area (Å²) in [6.45, 7) is 14.6. The highest BCUT2D eigenvalue weighted by Gasteiger charge is 2.52. The van der Waals surface area contributed by atoms with E-state index in [0.29, 0.717) is 34.8 Å². The van der Waals surface area contributed by atoms with Gasteiger partial charge < -0.3 is 28.0 Å². The van der Waals surface area contributed by atoms with Crippen LogP contribution in [-0.4, -0.2) is 81.5 Å². The van der Waals surface area contributed by atoms with Gasteiger partial charge in [0.05, 0.1) is 32.0 Å². The second-order valence-corrected chi connectivity index (χ2v) is 19.7. The van der Waals surface area contributed by atoms with Crippen LogP contribution in [0.2, 0.25) is 0 Å². The minimum atomic E-state index is -2.08. The Hall–Kier alpha value is -3.89. The number of esters is 2. The third-order valence-electron chi connectivity index (χ3n) is 9.69. The number of hydrogen-bond acceptors (Lipinski definition) is 13. The predicted octanol–water partition coefficient (Wildman–Crippen LogP) is 7.53. The molecule has 1 aliphatic heterocycles. The van der Waals surface area contributed by atoms with Crippen LogP contribution < -0.4 is 11.2 Å². The van der Waals surface area contributed by atoms with E-state index in [9.17, 15) is 19.2 Å². The molecule has 4 rings (SSSR count). The molecular formula is C45H58N3O10PS2. The fourth-order valence-electron chi connectivity index (χ4n) is 6.48. The minimum Gasteiger partial charge on any atom is -0.464 e. The molecule has 3 unspecified atom stereocenters. The molecule has 0 aliphatic carbocycles. The monoisotopic (exact) mass is 895 g/mol. The molecule has 0 saturated carbocycles. The van der Waals surface area contributed by atoms with Crippen molar-refractivity contribution >= 4 is 42.1 Å². The number of aromatic amines is 1. The molecule has 3 aromatic rings. The van der Waals surface area contributed by atoms with Gasteiger partial charge in [0, 0.05) is 53.1 Å². The molecule has 0 spiro atoms. The van der Waals surface area contributed by atoms with Crippen molar-refractivity contribution in [1.82, 2.24) is 14.2 Å². The molecule has 0 amide bonds. The van der Waals surface area contributed by atoms with Gasteiger partial charge in [0.1, 0.15) is 18.8 Å². The number of benzene rings is 2. The van der Waals surface area contributed by atoms with Crippen LogP contribution in [0, 0.1) is 37.0 Å². The molecule has 1 aliphatic rings. The largest absolute Gasteiger partial charge is 0.464 e. The molecule has 61 heavy (non-hydrogen) atoms. The zero-order valence-electron chi connectivity index (χ0n) is 36.2. The Morgan fingerprint density at radius 3 is 2.13 bits per heavy atom. The average Bonchev–Trinajstić information content (AvgIpc) is 3.64. The Balaban J connectivity index is 1.70. The van der Waals surface area contributed by atoms with Crippen LogP contribution in [0.4, 0.5) is 0 Å². The number of carbonyl (C=O) groups excluding carboxylic acids is 2. The van der Waals surface area contributed by atoms with Crippen molar-refractivity contribution in [2.24, 2.45) is 5.41 Å². The second kappa shape index (κ2) is 24.1. The first-order valence-electron chi connectivity index (χ1n) is 20.3. The molecule has 2 aromatic carbocycles. The quantitative estimate of drug-likeness (QED) is 0.0190. The Morgan fingerprint density at radius 2 is 1.56 bits per heavy atom. The third-order valence-corrected chi connectivity index (χ3v) is 14.4. The van der Waals surface area contributed by atoms with Crippen molar-refractivity contribution in [3.05, 3.63) is 103 Å². The molecule has 5 atom stereocenters. The van der Waals surface area contributed by atoms with Gasteiger partial charge >= 0.3 is 17.6 Å². The lowest BCUT2D eigenvalue weighted by atomic mass is 9.90. The predicted molar refractivity (Wildman–Crippen MR) is 242 cm³/mol. The number of rotatable bonds is 23. The van der Waals surface area contributed by atoms with Crippen LogP contribution in [-0.2, 0) is 50.6 Å². The summed E-state index contributed by atoms with van der Waals surface area (Å²) in [5, 5.41) is 0.309. The topological polar surface area (TPSA) is 148 Å². The van der Waals surface area contributed by atoms with Crippen LogP contribution in [0.1, 0.15) is 95.4 Å². The highest BCUT2D eigenvalue weighted by molar-refractivity contribution is 8.76. The number of carbonyl (C=O) groups is 2. The maximum atomic E-state index is 14.6. The smallest absolute Gasteiger partial charge is 0.330 e. The molecule has 0 radical (unpaired) electrons. The zero-order valence-corrected chi connectivity index (χ0v) is 38.7.